The predicted octanol–water partition coefficient (Wildman–Crippen LogP) is 2.69. The molecule has 5 rings (SSSR count). The Morgan fingerprint density at radius 2 is 2.06 bits per heavy atom. The zero-order valence-electron chi connectivity index (χ0n) is 16.1. The van der Waals surface area contributed by atoms with Crippen LogP contribution in [0.2, 0.25) is 0 Å². The number of aromatic nitrogens is 5. The number of hydrogen-bond donors (Lipinski definition) is 2. The summed E-state index contributed by atoms with van der Waals surface area (Å²) in [4.78, 5) is 31.1. The van der Waals surface area contributed by atoms with Crippen molar-refractivity contribution in [1.82, 2.24) is 24.7 Å². The van der Waals surface area contributed by atoms with E-state index in [0.717, 1.165) is 5.39 Å². The number of furan rings is 2. The number of nitrogens with zero attached hydrogens (tertiary/aromatic N) is 4. The molecule has 11 heteroatoms. The van der Waals surface area contributed by atoms with Crippen LogP contribution in [-0.4, -0.2) is 30.6 Å². The lowest BCUT2D eigenvalue weighted by atomic mass is 10.2. The Hall–Kier alpha value is -3.86. The van der Waals surface area contributed by atoms with E-state index in [2.05, 4.69) is 20.2 Å². The van der Waals surface area contributed by atoms with Gasteiger partial charge in [-0.2, -0.15) is 0 Å². The van der Waals surface area contributed by atoms with Crippen LogP contribution in [0.1, 0.15) is 12.2 Å². The minimum absolute atomic E-state index is 0.126. The van der Waals surface area contributed by atoms with E-state index < -0.39 is 5.91 Å². The van der Waals surface area contributed by atoms with Crippen molar-refractivity contribution in [3.05, 3.63) is 58.8 Å². The number of rotatable bonds is 7. The first-order chi connectivity index (χ1) is 15.1. The molecular formula is C20H16N6O4S. The van der Waals surface area contributed by atoms with Crippen molar-refractivity contribution in [3.63, 3.8) is 0 Å². The van der Waals surface area contributed by atoms with Gasteiger partial charge in [-0.05, 0) is 24.3 Å². The van der Waals surface area contributed by atoms with Crippen LogP contribution in [0, 0.1) is 0 Å². The number of fused-ring (bicyclic) bond motifs is 3. The number of para-hydroxylation sites is 1. The summed E-state index contributed by atoms with van der Waals surface area (Å²) in [7, 11) is 0. The van der Waals surface area contributed by atoms with Crippen molar-refractivity contribution >= 4 is 39.7 Å². The highest BCUT2D eigenvalue weighted by Gasteiger charge is 2.18. The van der Waals surface area contributed by atoms with E-state index in [-0.39, 0.29) is 17.6 Å². The molecule has 31 heavy (non-hydrogen) atoms. The third kappa shape index (κ3) is 3.59. The fourth-order valence-electron chi connectivity index (χ4n) is 3.26. The predicted molar refractivity (Wildman–Crippen MR) is 113 cm³/mol. The topological polar surface area (TPSA) is 146 Å². The summed E-state index contributed by atoms with van der Waals surface area (Å²) < 4.78 is 12.8. The largest absolute Gasteiger partial charge is 0.461 e. The lowest BCUT2D eigenvalue weighted by molar-refractivity contribution is -0.118. The molecule has 0 bridgehead atoms. The Balaban J connectivity index is 1.47. The van der Waals surface area contributed by atoms with Gasteiger partial charge in [0.15, 0.2) is 16.7 Å². The molecule has 4 heterocycles. The molecule has 0 unspecified atom stereocenters. The summed E-state index contributed by atoms with van der Waals surface area (Å²) >= 11 is 1.33. The van der Waals surface area contributed by atoms with Gasteiger partial charge in [-0.3, -0.25) is 14.2 Å². The molecule has 0 atom stereocenters. The lowest BCUT2D eigenvalue weighted by Gasteiger charge is -2.07. The molecule has 0 spiro atoms. The molecule has 1 amide bonds. The van der Waals surface area contributed by atoms with E-state index >= 15 is 0 Å². The van der Waals surface area contributed by atoms with E-state index in [9.17, 15) is 9.59 Å². The van der Waals surface area contributed by atoms with Crippen molar-refractivity contribution in [2.45, 2.75) is 23.9 Å². The van der Waals surface area contributed by atoms with Gasteiger partial charge in [0.2, 0.25) is 11.5 Å². The first-order valence-corrected chi connectivity index (χ1v) is 10.4. The number of thioether (sulfide) groups is 1. The van der Waals surface area contributed by atoms with Crippen molar-refractivity contribution in [2.24, 2.45) is 5.73 Å². The number of nitrogens with two attached hydrogens (primary N) is 1. The van der Waals surface area contributed by atoms with Gasteiger partial charge in [0.05, 0.1) is 12.0 Å². The maximum Gasteiger partial charge on any atom is 0.294 e. The van der Waals surface area contributed by atoms with Gasteiger partial charge in [0.25, 0.3) is 5.56 Å². The van der Waals surface area contributed by atoms with E-state index in [4.69, 9.17) is 14.6 Å². The number of carbonyl (C=O) groups is 1. The first-order valence-electron chi connectivity index (χ1n) is 9.39. The summed E-state index contributed by atoms with van der Waals surface area (Å²) in [5.74, 6) is 1.39. The van der Waals surface area contributed by atoms with Gasteiger partial charge in [0, 0.05) is 18.4 Å². The summed E-state index contributed by atoms with van der Waals surface area (Å²) in [6.07, 6.45) is 1.66. The van der Waals surface area contributed by atoms with Gasteiger partial charge >= 0.3 is 0 Å². The number of amides is 1. The number of aromatic amines is 1. The molecule has 156 valence electrons. The van der Waals surface area contributed by atoms with E-state index in [0.29, 0.717) is 46.0 Å². The highest BCUT2D eigenvalue weighted by molar-refractivity contribution is 7.98. The van der Waals surface area contributed by atoms with E-state index in [1.807, 2.05) is 18.2 Å². The molecule has 0 aliphatic carbocycles. The van der Waals surface area contributed by atoms with Crippen molar-refractivity contribution < 1.29 is 13.6 Å². The second kappa shape index (κ2) is 7.76. The normalized spacial score (nSPS) is 11.5. The van der Waals surface area contributed by atoms with Crippen molar-refractivity contribution in [3.8, 4) is 11.6 Å². The van der Waals surface area contributed by atoms with E-state index in [1.165, 1.54) is 18.0 Å². The summed E-state index contributed by atoms with van der Waals surface area (Å²) in [5, 5.41) is 9.73. The fraction of sp³-hybridized carbons (Fsp3) is 0.150. The third-order valence-corrected chi connectivity index (χ3v) is 5.64. The maximum absolute atomic E-state index is 12.5. The van der Waals surface area contributed by atoms with Crippen LogP contribution in [-0.2, 0) is 17.1 Å². The smallest absolute Gasteiger partial charge is 0.294 e. The highest BCUT2D eigenvalue weighted by atomic mass is 32.2. The molecule has 0 saturated carbocycles. The second-order valence-corrected chi connectivity index (χ2v) is 7.67. The average molecular weight is 436 g/mol. The molecule has 0 saturated heterocycles. The molecule has 0 radical (unpaired) electrons. The zero-order chi connectivity index (χ0) is 21.4. The summed E-state index contributed by atoms with van der Waals surface area (Å²) in [6, 6.07) is 10.9. The minimum atomic E-state index is -0.432. The summed E-state index contributed by atoms with van der Waals surface area (Å²) in [5.41, 5.74) is 6.29. The molecule has 5 aromatic rings. The molecule has 3 N–H and O–H groups in total. The molecule has 0 aliphatic heterocycles. The fourth-order valence-corrected chi connectivity index (χ4v) is 4.09. The van der Waals surface area contributed by atoms with Crippen molar-refractivity contribution in [2.75, 3.05) is 0 Å². The van der Waals surface area contributed by atoms with Gasteiger partial charge in [-0.1, -0.05) is 23.9 Å². The van der Waals surface area contributed by atoms with Crippen LogP contribution < -0.4 is 11.3 Å². The monoisotopic (exact) mass is 436 g/mol. The Morgan fingerprint density at radius 1 is 1.19 bits per heavy atom. The van der Waals surface area contributed by atoms with Crippen LogP contribution in [0.25, 0.3) is 33.7 Å². The quantitative estimate of drug-likeness (QED) is 0.370. The summed E-state index contributed by atoms with van der Waals surface area (Å²) in [6.45, 7) is 0.302. The molecule has 1 aromatic carbocycles. The number of hydrogen-bond acceptors (Lipinski definition) is 8. The molecule has 0 aliphatic rings. The first kappa shape index (κ1) is 19.1. The number of H-pyrrole nitrogens is 1. The Morgan fingerprint density at radius 3 is 2.87 bits per heavy atom. The maximum atomic E-state index is 12.5. The van der Waals surface area contributed by atoms with Crippen LogP contribution in [0.3, 0.4) is 0 Å². The average Bonchev–Trinajstić information content (AvgIpc) is 3.49. The van der Waals surface area contributed by atoms with Gasteiger partial charge in [-0.15, -0.1) is 10.2 Å². The zero-order valence-corrected chi connectivity index (χ0v) is 16.9. The third-order valence-electron chi connectivity index (χ3n) is 4.66. The Kier molecular flexibility index (Phi) is 4.79. The molecule has 10 nitrogen and oxygen atoms in total. The number of primary amides is 1. The Labute approximate surface area is 178 Å². The number of nitrogens with one attached hydrogen (secondary N) is 1. The second-order valence-electron chi connectivity index (χ2n) is 6.73. The molecule has 4 aromatic heterocycles. The van der Waals surface area contributed by atoms with Gasteiger partial charge < -0.3 is 19.6 Å². The SMILES string of the molecule is NC(=O)CCn1c(SCc2nc3c(oc4ccccc43)c(=O)[nH]2)nnc1-c1ccco1. The number of benzene rings is 1. The number of carbonyl (C=O) groups excluding carboxylic acids is 1. The van der Waals surface area contributed by atoms with Gasteiger partial charge in [-0.25, -0.2) is 4.98 Å². The van der Waals surface area contributed by atoms with Crippen LogP contribution >= 0.6 is 11.8 Å². The Bertz CT molecular complexity index is 1450. The van der Waals surface area contributed by atoms with Crippen molar-refractivity contribution in [1.29, 1.82) is 0 Å². The molecule has 0 fully saturated rings. The van der Waals surface area contributed by atoms with Crippen LogP contribution in [0.5, 0.6) is 0 Å². The van der Waals surface area contributed by atoms with Crippen LogP contribution in [0.15, 0.2) is 61.4 Å². The molecular weight excluding hydrogens is 420 g/mol. The standard InChI is InChI=1S/C20H16N6O4S/c21-14(27)7-8-26-18(13-6-3-9-29-13)24-25-20(26)31-10-15-22-16-11-4-1-2-5-12(11)30-17(16)19(28)23-15/h1-6,9H,7-8,10H2,(H2,21,27)(H,22,23,28). The van der Waals surface area contributed by atoms with Gasteiger partial charge in [0.1, 0.15) is 16.9 Å². The minimum Gasteiger partial charge on any atom is -0.461 e. The highest BCUT2D eigenvalue weighted by Crippen LogP contribution is 2.28. The van der Waals surface area contributed by atoms with E-state index in [1.54, 1.807) is 22.8 Å². The lowest BCUT2D eigenvalue weighted by Crippen LogP contribution is -2.15. The van der Waals surface area contributed by atoms with Crippen LogP contribution in [0.4, 0.5) is 0 Å².